The van der Waals surface area contributed by atoms with Gasteiger partial charge in [-0.2, -0.15) is 0 Å². The van der Waals surface area contributed by atoms with Gasteiger partial charge in [-0.3, -0.25) is 15.0 Å². The van der Waals surface area contributed by atoms with Gasteiger partial charge in [0.25, 0.3) is 5.69 Å². The van der Waals surface area contributed by atoms with Gasteiger partial charge >= 0.3 is 11.9 Å². The zero-order valence-corrected chi connectivity index (χ0v) is 22.3. The van der Waals surface area contributed by atoms with E-state index in [-0.39, 0.29) is 29.5 Å². The maximum atomic E-state index is 13.4. The van der Waals surface area contributed by atoms with Crippen molar-refractivity contribution in [3.63, 3.8) is 0 Å². The molecule has 206 valence electrons. The first-order chi connectivity index (χ1) is 18.7. The largest absolute Gasteiger partial charge is 0.486 e. The summed E-state index contributed by atoms with van der Waals surface area (Å²) in [5.74, 6) is -0.784. The summed E-state index contributed by atoms with van der Waals surface area (Å²) in [5, 5.41) is 14.5. The Morgan fingerprint density at radius 3 is 2.46 bits per heavy atom. The van der Waals surface area contributed by atoms with Crippen LogP contribution in [-0.4, -0.2) is 68.3 Å². The summed E-state index contributed by atoms with van der Waals surface area (Å²) in [6.07, 6.45) is -0.179. The highest BCUT2D eigenvalue weighted by Gasteiger charge is 2.38. The molecule has 0 aromatic heterocycles. The minimum absolute atomic E-state index is 0.0776. The summed E-state index contributed by atoms with van der Waals surface area (Å²) in [7, 11) is 3.13. The SMILES string of the molecule is COC(=O)C1=C(C)NC(C)=C(C(=O)OCCN(C)C[C@H]2COc3ccccc3O2)[C@@H]1c1cccc([N+](=O)[O-])c1. The van der Waals surface area contributed by atoms with Crippen LogP contribution < -0.4 is 14.8 Å². The molecule has 2 aromatic rings. The Balaban J connectivity index is 1.46. The van der Waals surface area contributed by atoms with E-state index in [1.165, 1.54) is 25.3 Å². The van der Waals surface area contributed by atoms with Crippen LogP contribution in [0.5, 0.6) is 11.5 Å². The average Bonchev–Trinajstić information content (AvgIpc) is 2.92. The lowest BCUT2D eigenvalue weighted by atomic mass is 9.80. The number of nitro groups is 1. The number of methoxy groups -OCH3 is 1. The minimum atomic E-state index is -0.906. The topological polar surface area (TPSA) is 129 Å². The second kappa shape index (κ2) is 12.0. The van der Waals surface area contributed by atoms with Crippen molar-refractivity contribution in [3.8, 4) is 11.5 Å². The lowest BCUT2D eigenvalue weighted by Gasteiger charge is -2.31. The van der Waals surface area contributed by atoms with E-state index < -0.39 is 22.8 Å². The number of carbonyl (C=O) groups is 2. The molecule has 2 aliphatic rings. The summed E-state index contributed by atoms with van der Waals surface area (Å²) in [6.45, 7) is 4.85. The molecular weight excluding hydrogens is 506 g/mol. The van der Waals surface area contributed by atoms with E-state index in [0.29, 0.717) is 48.2 Å². The number of para-hydroxylation sites is 2. The first-order valence-corrected chi connectivity index (χ1v) is 12.4. The number of carbonyl (C=O) groups excluding carboxylic acids is 2. The number of nitro benzene ring substituents is 1. The second-order valence-electron chi connectivity index (χ2n) is 9.37. The van der Waals surface area contributed by atoms with Crippen LogP contribution in [0.4, 0.5) is 5.69 Å². The number of nitrogens with one attached hydrogen (secondary N) is 1. The Labute approximate surface area is 226 Å². The average molecular weight is 538 g/mol. The number of esters is 2. The number of hydrogen-bond donors (Lipinski definition) is 1. The number of ether oxygens (including phenoxy) is 4. The molecule has 0 saturated heterocycles. The Morgan fingerprint density at radius 1 is 1.08 bits per heavy atom. The Kier molecular flexibility index (Phi) is 8.50. The van der Waals surface area contributed by atoms with Gasteiger partial charge in [-0.1, -0.05) is 24.3 Å². The number of fused-ring (bicyclic) bond motifs is 1. The molecule has 2 heterocycles. The van der Waals surface area contributed by atoms with E-state index in [2.05, 4.69) is 5.32 Å². The van der Waals surface area contributed by atoms with Gasteiger partial charge in [0.05, 0.1) is 29.1 Å². The fourth-order valence-electron chi connectivity index (χ4n) is 4.76. The summed E-state index contributed by atoms with van der Waals surface area (Å²) in [4.78, 5) is 39.0. The van der Waals surface area contributed by atoms with Crippen LogP contribution in [0.2, 0.25) is 0 Å². The molecule has 4 rings (SSSR count). The van der Waals surface area contributed by atoms with Gasteiger partial charge in [0.15, 0.2) is 11.5 Å². The van der Waals surface area contributed by atoms with Crippen molar-refractivity contribution in [2.75, 3.05) is 40.5 Å². The van der Waals surface area contributed by atoms with Crippen LogP contribution >= 0.6 is 0 Å². The maximum absolute atomic E-state index is 13.4. The van der Waals surface area contributed by atoms with Crippen LogP contribution in [0.1, 0.15) is 25.3 Å². The molecule has 1 N–H and O–H groups in total. The third-order valence-corrected chi connectivity index (χ3v) is 6.59. The van der Waals surface area contributed by atoms with E-state index in [1.807, 2.05) is 36.2 Å². The van der Waals surface area contributed by atoms with Gasteiger partial charge in [0.2, 0.25) is 0 Å². The molecule has 0 spiro atoms. The number of non-ortho nitro benzene ring substituents is 1. The molecule has 0 fully saturated rings. The first kappa shape index (κ1) is 27.6. The number of allylic oxidation sites excluding steroid dienone is 2. The Bertz CT molecular complexity index is 1340. The molecule has 0 bridgehead atoms. The van der Waals surface area contributed by atoms with Gasteiger partial charge < -0.3 is 24.3 Å². The molecular formula is C28H31N3O8. The van der Waals surface area contributed by atoms with Gasteiger partial charge in [-0.05, 0) is 38.6 Å². The van der Waals surface area contributed by atoms with Crippen LogP contribution in [0.3, 0.4) is 0 Å². The third-order valence-electron chi connectivity index (χ3n) is 6.59. The van der Waals surface area contributed by atoms with Crippen molar-refractivity contribution in [2.45, 2.75) is 25.9 Å². The van der Waals surface area contributed by atoms with Gasteiger partial charge in [0, 0.05) is 36.6 Å². The van der Waals surface area contributed by atoms with E-state index >= 15 is 0 Å². The summed E-state index contributed by atoms with van der Waals surface area (Å²) < 4.78 is 22.4. The molecule has 11 heteroatoms. The zero-order chi connectivity index (χ0) is 28.1. The molecule has 0 amide bonds. The number of hydrogen-bond acceptors (Lipinski definition) is 10. The summed E-state index contributed by atoms with van der Waals surface area (Å²) in [5.41, 5.74) is 1.59. The van der Waals surface area contributed by atoms with E-state index in [4.69, 9.17) is 18.9 Å². The maximum Gasteiger partial charge on any atom is 0.336 e. The number of dihydropyridines is 1. The lowest BCUT2D eigenvalue weighted by molar-refractivity contribution is -0.384. The van der Waals surface area contributed by atoms with Crippen molar-refractivity contribution in [2.24, 2.45) is 0 Å². The van der Waals surface area contributed by atoms with E-state index in [0.717, 1.165) is 0 Å². The standard InChI is InChI=1S/C28H31N3O8/c1-17-24(27(32)36-4)26(19-8-7-9-20(14-19)31(34)35)25(18(2)29-17)28(33)37-13-12-30(3)15-21-16-38-22-10-5-6-11-23(22)39-21/h5-11,14,21,26,29H,12-13,15-16H2,1-4H3/t21-,26+/m0/s1. The monoisotopic (exact) mass is 537 g/mol. The van der Waals surface area contributed by atoms with Crippen molar-refractivity contribution >= 4 is 17.6 Å². The molecule has 2 aromatic carbocycles. The summed E-state index contributed by atoms with van der Waals surface area (Å²) >= 11 is 0. The van der Waals surface area contributed by atoms with Crippen LogP contribution in [0, 0.1) is 10.1 Å². The third kappa shape index (κ3) is 6.20. The fourth-order valence-corrected chi connectivity index (χ4v) is 4.76. The molecule has 0 saturated carbocycles. The lowest BCUT2D eigenvalue weighted by Crippen LogP contribution is -2.40. The predicted molar refractivity (Wildman–Crippen MR) is 141 cm³/mol. The number of likely N-dealkylation sites (N-methyl/N-ethyl adjacent to an activating group) is 1. The molecule has 2 aliphatic heterocycles. The minimum Gasteiger partial charge on any atom is -0.486 e. The molecule has 11 nitrogen and oxygen atoms in total. The highest BCUT2D eigenvalue weighted by molar-refractivity contribution is 5.99. The number of nitrogens with zero attached hydrogens (tertiary/aromatic N) is 2. The summed E-state index contributed by atoms with van der Waals surface area (Å²) in [6, 6.07) is 13.3. The van der Waals surface area contributed by atoms with Crippen LogP contribution in [0.25, 0.3) is 0 Å². The first-order valence-electron chi connectivity index (χ1n) is 12.4. The second-order valence-corrected chi connectivity index (χ2v) is 9.37. The smallest absolute Gasteiger partial charge is 0.336 e. The molecule has 39 heavy (non-hydrogen) atoms. The number of rotatable bonds is 9. The van der Waals surface area contributed by atoms with Crippen molar-refractivity contribution < 1.29 is 33.5 Å². The van der Waals surface area contributed by atoms with Crippen LogP contribution in [0.15, 0.2) is 71.1 Å². The molecule has 2 atom stereocenters. The zero-order valence-electron chi connectivity index (χ0n) is 22.3. The van der Waals surface area contributed by atoms with Crippen molar-refractivity contribution in [1.82, 2.24) is 10.2 Å². The molecule has 0 radical (unpaired) electrons. The van der Waals surface area contributed by atoms with Crippen LogP contribution in [-0.2, 0) is 19.1 Å². The number of benzene rings is 2. The highest BCUT2D eigenvalue weighted by atomic mass is 16.6. The highest BCUT2D eigenvalue weighted by Crippen LogP contribution is 2.40. The normalized spacial score (nSPS) is 18.5. The van der Waals surface area contributed by atoms with Gasteiger partial charge in [-0.25, -0.2) is 9.59 Å². The van der Waals surface area contributed by atoms with E-state index in [1.54, 1.807) is 19.9 Å². The molecule has 0 aliphatic carbocycles. The van der Waals surface area contributed by atoms with Gasteiger partial charge in [0.1, 0.15) is 19.3 Å². The predicted octanol–water partition coefficient (Wildman–Crippen LogP) is 3.32. The Hall–Kier alpha value is -4.38. The quantitative estimate of drug-likeness (QED) is 0.289. The fraction of sp³-hybridized carbons (Fsp3) is 0.357. The van der Waals surface area contributed by atoms with E-state index in [9.17, 15) is 19.7 Å². The Morgan fingerprint density at radius 2 is 1.77 bits per heavy atom. The van der Waals surface area contributed by atoms with Crippen molar-refractivity contribution in [1.29, 1.82) is 0 Å². The van der Waals surface area contributed by atoms with Gasteiger partial charge in [-0.15, -0.1) is 0 Å². The molecule has 0 unspecified atom stereocenters. The van der Waals surface area contributed by atoms with Crippen molar-refractivity contribution in [3.05, 3.63) is 86.7 Å².